The Kier molecular flexibility index (Phi) is 2.75. The van der Waals surface area contributed by atoms with E-state index < -0.39 is 0 Å². The van der Waals surface area contributed by atoms with Crippen LogP contribution in [0.1, 0.15) is 37.1 Å². The monoisotopic (exact) mass is 208 g/mol. The van der Waals surface area contributed by atoms with Gasteiger partial charge < -0.3 is 9.72 Å². The van der Waals surface area contributed by atoms with Gasteiger partial charge in [-0.25, -0.2) is 4.98 Å². The van der Waals surface area contributed by atoms with Gasteiger partial charge in [-0.2, -0.15) is 0 Å². The van der Waals surface area contributed by atoms with Gasteiger partial charge in [0.1, 0.15) is 6.10 Å². The van der Waals surface area contributed by atoms with Gasteiger partial charge in [-0.1, -0.05) is 6.92 Å². The first-order chi connectivity index (χ1) is 7.24. The number of carbonyl (C=O) groups is 1. The van der Waals surface area contributed by atoms with Gasteiger partial charge in [0.25, 0.3) is 6.47 Å². The minimum atomic E-state index is -0.00972. The number of carbonyl (C=O) groups excluding carboxylic acids is 1. The number of rotatable bonds is 5. The molecule has 4 nitrogen and oxygen atoms in total. The van der Waals surface area contributed by atoms with Crippen molar-refractivity contribution in [2.45, 2.75) is 38.7 Å². The van der Waals surface area contributed by atoms with E-state index >= 15 is 0 Å². The Bertz CT molecular complexity index is 344. The lowest BCUT2D eigenvalue weighted by Gasteiger charge is -2.21. The van der Waals surface area contributed by atoms with E-state index in [-0.39, 0.29) is 12.0 Å². The Morgan fingerprint density at radius 3 is 2.87 bits per heavy atom. The minimum Gasteiger partial charge on any atom is -0.464 e. The Balaban J connectivity index is 2.13. The van der Waals surface area contributed by atoms with Crippen molar-refractivity contribution in [2.75, 3.05) is 0 Å². The maximum absolute atomic E-state index is 10.5. The number of hydrogen-bond acceptors (Lipinski definition) is 3. The maximum atomic E-state index is 10.5. The zero-order valence-corrected chi connectivity index (χ0v) is 9.06. The molecule has 1 aliphatic rings. The summed E-state index contributed by atoms with van der Waals surface area (Å²) in [5, 5.41) is 0. The van der Waals surface area contributed by atoms with Crippen molar-refractivity contribution in [3.05, 3.63) is 17.7 Å². The van der Waals surface area contributed by atoms with Gasteiger partial charge in [-0.05, 0) is 25.7 Å². The first-order valence-electron chi connectivity index (χ1n) is 5.33. The minimum absolute atomic E-state index is 0.00972. The molecule has 1 N–H and O–H groups in total. The third-order valence-corrected chi connectivity index (χ3v) is 3.09. The van der Waals surface area contributed by atoms with Crippen molar-refractivity contribution >= 4 is 6.47 Å². The topological polar surface area (TPSA) is 55.0 Å². The van der Waals surface area contributed by atoms with E-state index in [1.165, 1.54) is 0 Å². The average molecular weight is 208 g/mol. The molecule has 15 heavy (non-hydrogen) atoms. The smallest absolute Gasteiger partial charge is 0.293 e. The largest absolute Gasteiger partial charge is 0.464 e. The molecule has 2 atom stereocenters. The van der Waals surface area contributed by atoms with Crippen LogP contribution in [-0.4, -0.2) is 22.5 Å². The van der Waals surface area contributed by atoms with E-state index in [1.807, 2.05) is 6.92 Å². The number of aryl methyl sites for hydroxylation is 1. The van der Waals surface area contributed by atoms with Crippen LogP contribution in [0.2, 0.25) is 0 Å². The van der Waals surface area contributed by atoms with Gasteiger partial charge in [0.15, 0.2) is 0 Å². The van der Waals surface area contributed by atoms with Crippen molar-refractivity contribution in [3.63, 3.8) is 0 Å². The lowest BCUT2D eigenvalue weighted by molar-refractivity contribution is -0.135. The zero-order chi connectivity index (χ0) is 10.8. The molecule has 1 fully saturated rings. The molecule has 4 heteroatoms. The molecule has 82 valence electrons. The van der Waals surface area contributed by atoms with Crippen molar-refractivity contribution in [2.24, 2.45) is 5.92 Å². The van der Waals surface area contributed by atoms with E-state index in [1.54, 1.807) is 6.33 Å². The summed E-state index contributed by atoms with van der Waals surface area (Å²) in [4.78, 5) is 17.8. The lowest BCUT2D eigenvalue weighted by atomic mass is 9.96. The number of ether oxygens (including phenoxy) is 1. The third-order valence-electron chi connectivity index (χ3n) is 3.09. The summed E-state index contributed by atoms with van der Waals surface area (Å²) in [6.45, 7) is 4.61. The molecule has 0 spiro atoms. The van der Waals surface area contributed by atoms with Crippen molar-refractivity contribution in [1.29, 1.82) is 0 Å². The van der Waals surface area contributed by atoms with Gasteiger partial charge in [0.2, 0.25) is 0 Å². The van der Waals surface area contributed by atoms with Crippen LogP contribution >= 0.6 is 0 Å². The van der Waals surface area contributed by atoms with Gasteiger partial charge in [-0.3, -0.25) is 4.79 Å². The summed E-state index contributed by atoms with van der Waals surface area (Å²) in [5.41, 5.74) is 2.07. The normalized spacial score (nSPS) is 19.6. The Morgan fingerprint density at radius 1 is 1.67 bits per heavy atom. The summed E-state index contributed by atoms with van der Waals surface area (Å²) >= 11 is 0. The van der Waals surface area contributed by atoms with Crippen LogP contribution in [0, 0.1) is 12.8 Å². The molecule has 1 aromatic heterocycles. The fourth-order valence-electron chi connectivity index (χ4n) is 2.11. The van der Waals surface area contributed by atoms with Crippen LogP contribution in [0.15, 0.2) is 6.33 Å². The van der Waals surface area contributed by atoms with Gasteiger partial charge in [0, 0.05) is 11.6 Å². The second kappa shape index (κ2) is 4.04. The van der Waals surface area contributed by atoms with Crippen LogP contribution < -0.4 is 0 Å². The first-order valence-corrected chi connectivity index (χ1v) is 5.33. The molecule has 1 aromatic rings. The highest BCUT2D eigenvalue weighted by Crippen LogP contribution is 2.40. The molecule has 2 rings (SSSR count). The number of hydrogen-bond donors (Lipinski definition) is 1. The number of H-pyrrole nitrogens is 1. The zero-order valence-electron chi connectivity index (χ0n) is 9.06. The van der Waals surface area contributed by atoms with Crippen LogP contribution in [0.5, 0.6) is 0 Å². The second-order valence-corrected chi connectivity index (χ2v) is 4.24. The molecule has 1 saturated carbocycles. The average Bonchev–Trinajstić information content (AvgIpc) is 2.97. The predicted octanol–water partition coefficient (Wildman–Crippen LogP) is 1.77. The predicted molar refractivity (Wildman–Crippen MR) is 55.4 cm³/mol. The van der Waals surface area contributed by atoms with Crippen molar-refractivity contribution < 1.29 is 9.53 Å². The maximum Gasteiger partial charge on any atom is 0.293 e. The molecule has 0 saturated heterocycles. The second-order valence-electron chi connectivity index (χ2n) is 4.24. The SMILES string of the molecule is Cc1[nH]cnc1C(C)C(OC=O)C1CC1. The number of nitrogens with one attached hydrogen (secondary N) is 1. The molecule has 1 aliphatic carbocycles. The summed E-state index contributed by atoms with van der Waals surface area (Å²) < 4.78 is 5.17. The summed E-state index contributed by atoms with van der Waals surface area (Å²) in [6.07, 6.45) is 3.99. The molecule has 0 aromatic carbocycles. The van der Waals surface area contributed by atoms with E-state index in [0.717, 1.165) is 24.2 Å². The van der Waals surface area contributed by atoms with Crippen LogP contribution in [0.4, 0.5) is 0 Å². The quantitative estimate of drug-likeness (QED) is 0.750. The summed E-state index contributed by atoms with van der Waals surface area (Å²) in [5.74, 6) is 0.704. The fourth-order valence-corrected chi connectivity index (χ4v) is 2.11. The molecular weight excluding hydrogens is 192 g/mol. The summed E-state index contributed by atoms with van der Waals surface area (Å²) in [7, 11) is 0. The number of imidazole rings is 1. The van der Waals surface area contributed by atoms with Gasteiger partial charge >= 0.3 is 0 Å². The molecule has 0 amide bonds. The van der Waals surface area contributed by atoms with Crippen molar-refractivity contribution in [3.8, 4) is 0 Å². The fraction of sp³-hybridized carbons (Fsp3) is 0.636. The molecule has 0 aliphatic heterocycles. The van der Waals surface area contributed by atoms with E-state index in [2.05, 4.69) is 16.9 Å². The highest BCUT2D eigenvalue weighted by molar-refractivity contribution is 5.38. The van der Waals surface area contributed by atoms with Gasteiger partial charge in [-0.15, -0.1) is 0 Å². The van der Waals surface area contributed by atoms with Crippen LogP contribution in [-0.2, 0) is 9.53 Å². The van der Waals surface area contributed by atoms with E-state index in [4.69, 9.17) is 4.74 Å². The number of aromatic nitrogens is 2. The molecule has 0 radical (unpaired) electrons. The number of nitrogens with zero attached hydrogens (tertiary/aromatic N) is 1. The van der Waals surface area contributed by atoms with Crippen LogP contribution in [0.25, 0.3) is 0 Å². The highest BCUT2D eigenvalue weighted by atomic mass is 16.5. The Labute approximate surface area is 89.0 Å². The van der Waals surface area contributed by atoms with Gasteiger partial charge in [0.05, 0.1) is 12.0 Å². The van der Waals surface area contributed by atoms with Crippen LogP contribution in [0.3, 0.4) is 0 Å². The molecular formula is C11H16N2O2. The van der Waals surface area contributed by atoms with E-state index in [0.29, 0.717) is 12.4 Å². The Hall–Kier alpha value is -1.32. The third kappa shape index (κ3) is 2.03. The lowest BCUT2D eigenvalue weighted by Crippen LogP contribution is -2.23. The standard InChI is InChI=1S/C11H16N2O2/c1-7(10-8(2)12-5-13-10)11(15-6-14)9-3-4-9/h5-7,9,11H,3-4H2,1-2H3,(H,12,13). The van der Waals surface area contributed by atoms with Crippen molar-refractivity contribution in [1.82, 2.24) is 9.97 Å². The summed E-state index contributed by atoms with van der Waals surface area (Å²) in [6, 6.07) is 0. The highest BCUT2D eigenvalue weighted by Gasteiger charge is 2.38. The molecule has 0 bridgehead atoms. The Morgan fingerprint density at radius 2 is 2.40 bits per heavy atom. The molecule has 2 unspecified atom stereocenters. The number of aromatic amines is 1. The molecule has 1 heterocycles. The van der Waals surface area contributed by atoms with E-state index in [9.17, 15) is 4.79 Å². The first kappa shape index (κ1) is 10.2.